The molecule has 0 saturated heterocycles. The predicted octanol–water partition coefficient (Wildman–Crippen LogP) is 2.75. The average Bonchev–Trinajstić information content (AvgIpc) is 2.50. The van der Waals surface area contributed by atoms with Gasteiger partial charge in [-0.25, -0.2) is 0 Å². The van der Waals surface area contributed by atoms with Gasteiger partial charge in [0, 0.05) is 11.4 Å². The zero-order valence-corrected chi connectivity index (χ0v) is 9.85. The highest BCUT2D eigenvalue weighted by atomic mass is 35.5. The van der Waals surface area contributed by atoms with Crippen molar-refractivity contribution in [1.29, 1.82) is 0 Å². The topological polar surface area (TPSA) is 20.3 Å². The van der Waals surface area contributed by atoms with Gasteiger partial charge in [0.2, 0.25) is 5.91 Å². The summed E-state index contributed by atoms with van der Waals surface area (Å²) < 4.78 is 0. The van der Waals surface area contributed by atoms with Gasteiger partial charge in [-0.05, 0) is 24.3 Å². The minimum absolute atomic E-state index is 0.00776. The molecule has 1 aromatic rings. The number of anilines is 1. The molecule has 0 spiro atoms. The number of thioether (sulfide) groups is 1. The zero-order chi connectivity index (χ0) is 10.7. The second-order valence-electron chi connectivity index (χ2n) is 3.35. The molecule has 2 rings (SSSR count). The number of halogens is 1. The Morgan fingerprint density at radius 1 is 1.47 bits per heavy atom. The van der Waals surface area contributed by atoms with Crippen molar-refractivity contribution in [3.8, 4) is 0 Å². The van der Waals surface area contributed by atoms with Crippen LogP contribution in [0, 0.1) is 0 Å². The van der Waals surface area contributed by atoms with E-state index in [9.17, 15) is 4.79 Å². The van der Waals surface area contributed by atoms with Gasteiger partial charge in [-0.2, -0.15) is 0 Å². The lowest BCUT2D eigenvalue weighted by atomic mass is 10.2. The van der Waals surface area contributed by atoms with Gasteiger partial charge in [0.25, 0.3) is 0 Å². The summed E-state index contributed by atoms with van der Waals surface area (Å²) in [5.74, 6) is 1.11. The van der Waals surface area contributed by atoms with Crippen molar-refractivity contribution >= 4 is 35.0 Å². The molecule has 1 aromatic carbocycles. The van der Waals surface area contributed by atoms with Gasteiger partial charge in [0.1, 0.15) is 5.88 Å². The van der Waals surface area contributed by atoms with Gasteiger partial charge in [-0.1, -0.05) is 12.1 Å². The molecular weight excluding hydrogens is 230 g/mol. The number of carbonyl (C=O) groups is 1. The van der Waals surface area contributed by atoms with Crippen LogP contribution in [0.15, 0.2) is 29.2 Å². The number of amides is 1. The molecule has 1 heterocycles. The smallest absolute Gasteiger partial charge is 0.241 e. The molecule has 4 heteroatoms. The van der Waals surface area contributed by atoms with Crippen LogP contribution in [-0.2, 0) is 4.79 Å². The molecule has 0 unspecified atom stereocenters. The van der Waals surface area contributed by atoms with E-state index >= 15 is 0 Å². The molecule has 0 radical (unpaired) electrons. The van der Waals surface area contributed by atoms with Crippen LogP contribution in [0.1, 0.15) is 6.42 Å². The van der Waals surface area contributed by atoms with E-state index in [2.05, 4.69) is 6.07 Å². The van der Waals surface area contributed by atoms with E-state index in [-0.39, 0.29) is 11.8 Å². The monoisotopic (exact) mass is 241 g/mol. The maximum Gasteiger partial charge on any atom is 0.241 e. The van der Waals surface area contributed by atoms with Crippen molar-refractivity contribution in [2.45, 2.75) is 11.3 Å². The van der Waals surface area contributed by atoms with Gasteiger partial charge in [0.15, 0.2) is 0 Å². The van der Waals surface area contributed by atoms with Gasteiger partial charge in [-0.15, -0.1) is 23.4 Å². The lowest BCUT2D eigenvalue weighted by Gasteiger charge is -2.21. The molecule has 0 saturated carbocycles. The summed E-state index contributed by atoms with van der Waals surface area (Å²) in [6.07, 6.45) is 1.02. The summed E-state index contributed by atoms with van der Waals surface area (Å²) in [6, 6.07) is 8.00. The molecular formula is C11H12ClNOS. The first-order valence-electron chi connectivity index (χ1n) is 4.91. The Hall–Kier alpha value is -0.670. The van der Waals surface area contributed by atoms with E-state index in [0.29, 0.717) is 0 Å². The largest absolute Gasteiger partial charge is 0.310 e. The van der Waals surface area contributed by atoms with E-state index in [1.54, 1.807) is 16.7 Å². The normalized spacial score (nSPS) is 15.7. The van der Waals surface area contributed by atoms with Gasteiger partial charge < -0.3 is 4.90 Å². The number of nitrogens with zero attached hydrogens (tertiary/aromatic N) is 1. The first kappa shape index (κ1) is 10.8. The summed E-state index contributed by atoms with van der Waals surface area (Å²) in [4.78, 5) is 14.6. The first-order valence-corrected chi connectivity index (χ1v) is 6.43. The molecule has 2 nitrogen and oxygen atoms in total. The van der Waals surface area contributed by atoms with E-state index in [1.807, 2.05) is 18.2 Å². The van der Waals surface area contributed by atoms with Gasteiger partial charge in [-0.3, -0.25) is 4.79 Å². The maximum atomic E-state index is 11.7. The molecule has 0 aromatic heterocycles. The second-order valence-corrected chi connectivity index (χ2v) is 4.75. The van der Waals surface area contributed by atoms with Crippen LogP contribution >= 0.6 is 23.4 Å². The van der Waals surface area contributed by atoms with Crippen molar-refractivity contribution in [2.75, 3.05) is 23.1 Å². The highest BCUT2D eigenvalue weighted by Gasteiger charge is 2.19. The van der Waals surface area contributed by atoms with Crippen LogP contribution in [0.5, 0.6) is 0 Å². The fraction of sp³-hybridized carbons (Fsp3) is 0.364. The number of hydrogen-bond acceptors (Lipinski definition) is 2. The number of para-hydroxylation sites is 1. The highest BCUT2D eigenvalue weighted by Crippen LogP contribution is 2.33. The maximum absolute atomic E-state index is 11.7. The van der Waals surface area contributed by atoms with E-state index in [1.165, 1.54) is 4.90 Å². The summed E-state index contributed by atoms with van der Waals surface area (Å²) in [5, 5.41) is 0. The minimum atomic E-state index is -0.00776. The molecule has 0 fully saturated rings. The molecule has 1 aliphatic rings. The van der Waals surface area contributed by atoms with Gasteiger partial charge >= 0.3 is 0 Å². The van der Waals surface area contributed by atoms with Crippen LogP contribution < -0.4 is 4.90 Å². The molecule has 0 atom stereocenters. The Kier molecular flexibility index (Phi) is 3.54. The third-order valence-electron chi connectivity index (χ3n) is 2.36. The quantitative estimate of drug-likeness (QED) is 0.705. The molecule has 1 amide bonds. The summed E-state index contributed by atoms with van der Waals surface area (Å²) in [5.41, 5.74) is 1.01. The number of hydrogen-bond donors (Lipinski definition) is 0. The summed E-state index contributed by atoms with van der Waals surface area (Å²) in [6.45, 7) is 0.773. The van der Waals surface area contributed by atoms with Crippen LogP contribution in [0.25, 0.3) is 0 Å². The third kappa shape index (κ3) is 2.29. The van der Waals surface area contributed by atoms with Crippen molar-refractivity contribution in [1.82, 2.24) is 0 Å². The minimum Gasteiger partial charge on any atom is -0.310 e. The van der Waals surface area contributed by atoms with E-state index < -0.39 is 0 Å². The summed E-state index contributed by atoms with van der Waals surface area (Å²) >= 11 is 7.41. The average molecular weight is 242 g/mol. The van der Waals surface area contributed by atoms with Crippen molar-refractivity contribution < 1.29 is 4.79 Å². The zero-order valence-electron chi connectivity index (χ0n) is 8.28. The van der Waals surface area contributed by atoms with Crippen molar-refractivity contribution in [2.24, 2.45) is 0 Å². The number of alkyl halides is 1. The SMILES string of the molecule is O=C(CCl)N1CCCSc2ccccc21. The highest BCUT2D eigenvalue weighted by molar-refractivity contribution is 7.99. The number of fused-ring (bicyclic) bond motifs is 1. The summed E-state index contributed by atoms with van der Waals surface area (Å²) in [7, 11) is 0. The second kappa shape index (κ2) is 4.90. The van der Waals surface area contributed by atoms with Crippen LogP contribution in [0.3, 0.4) is 0 Å². The van der Waals surface area contributed by atoms with Gasteiger partial charge in [0.05, 0.1) is 5.69 Å². The lowest BCUT2D eigenvalue weighted by Crippen LogP contribution is -2.32. The number of rotatable bonds is 1. The molecule has 15 heavy (non-hydrogen) atoms. The van der Waals surface area contributed by atoms with Crippen LogP contribution in [-0.4, -0.2) is 24.1 Å². The number of benzene rings is 1. The first-order chi connectivity index (χ1) is 7.33. The molecule has 80 valence electrons. The fourth-order valence-electron chi connectivity index (χ4n) is 1.66. The predicted molar refractivity (Wildman–Crippen MR) is 64.9 cm³/mol. The Labute approximate surface area is 98.6 Å². The Morgan fingerprint density at radius 2 is 2.27 bits per heavy atom. The third-order valence-corrected chi connectivity index (χ3v) is 3.73. The standard InChI is InChI=1S/C11H12ClNOS/c12-8-11(14)13-6-3-7-15-10-5-2-1-4-9(10)13/h1-2,4-5H,3,6-8H2. The van der Waals surface area contributed by atoms with Crippen LogP contribution in [0.2, 0.25) is 0 Å². The lowest BCUT2D eigenvalue weighted by molar-refractivity contribution is -0.116. The van der Waals surface area contributed by atoms with E-state index in [0.717, 1.165) is 24.4 Å². The fourth-order valence-corrected chi connectivity index (χ4v) is 2.80. The van der Waals surface area contributed by atoms with E-state index in [4.69, 9.17) is 11.6 Å². The Bertz CT molecular complexity index is 369. The molecule has 0 bridgehead atoms. The molecule has 0 aliphatic carbocycles. The Balaban J connectivity index is 2.37. The number of carbonyl (C=O) groups excluding carboxylic acids is 1. The van der Waals surface area contributed by atoms with Crippen molar-refractivity contribution in [3.63, 3.8) is 0 Å². The van der Waals surface area contributed by atoms with Crippen molar-refractivity contribution in [3.05, 3.63) is 24.3 Å². The van der Waals surface area contributed by atoms with Crippen LogP contribution in [0.4, 0.5) is 5.69 Å². The molecule has 1 aliphatic heterocycles. The Morgan fingerprint density at radius 3 is 3.07 bits per heavy atom. The molecule has 0 N–H and O–H groups in total.